The highest BCUT2D eigenvalue weighted by Gasteiger charge is 2.53. The number of ether oxygens (including phenoxy) is 4. The molecule has 5 heterocycles. The van der Waals surface area contributed by atoms with Crippen LogP contribution in [0.5, 0.6) is 0 Å². The van der Waals surface area contributed by atoms with Gasteiger partial charge in [0.25, 0.3) is 0 Å². The number of aliphatic hydroxyl groups excluding tert-OH is 2. The second-order valence-corrected chi connectivity index (χ2v) is 15.4. The minimum atomic E-state index is -5.35. The number of carbonyl (C=O) groups is 2. The molecule has 2 aliphatic rings. The van der Waals surface area contributed by atoms with E-state index in [0.717, 1.165) is 17.7 Å². The van der Waals surface area contributed by atoms with Gasteiger partial charge in [0.05, 0.1) is 38.9 Å². The molecule has 5 rings (SSSR count). The standard InChI is InChI=1S/C30H43N9O17P2/c1-3-4-5-20(41)36-16(11-50-9-8-40)29(43)53-17-10-21(39-14-35-22-26(32)33-13-34-27(22)39)52-18(17)12-51-58(48,49)56-25-23(42)28(38-7-6-19(31)37-30(38)44)54-24(25)15(2)55-57(45,46)47/h3,6-7,13-18,21,23-25,28,40,42H,1,4-5,8-12H2,2H3,(H,36,41)(H,48,49)(H2,31,37,44)(H2,32,33,34)(H2,45,46,47)/t15?,16-,17?,18+,21+,23+,24+,25-,28+/m0/s1. The second-order valence-electron chi connectivity index (χ2n) is 12.8. The Morgan fingerprint density at radius 3 is 2.62 bits per heavy atom. The zero-order valence-corrected chi connectivity index (χ0v) is 32.4. The summed E-state index contributed by atoms with van der Waals surface area (Å²) in [6.45, 7) is 2.90. The summed E-state index contributed by atoms with van der Waals surface area (Å²) in [4.78, 5) is 84.3. The third-order valence-electron chi connectivity index (χ3n) is 8.66. The third kappa shape index (κ3) is 11.3. The molecule has 2 saturated heterocycles. The average Bonchev–Trinajstić information content (AvgIpc) is 3.85. The summed E-state index contributed by atoms with van der Waals surface area (Å²) in [5, 5.41) is 22.9. The SMILES string of the molecule is C=CCCC(=O)N[C@@H](COCCO)C(=O)OC1C[C@H](n2cnc3c(N)ncnc32)O[C@@H]1COP(=O)(O)O[C@H]1[C@@H](O)[C@H](n2ccc(N)nc2=O)O[C@@H]1C(C)OP(=O)(O)O. The zero-order valence-electron chi connectivity index (χ0n) is 30.6. The van der Waals surface area contributed by atoms with Crippen molar-refractivity contribution in [3.63, 3.8) is 0 Å². The number of aliphatic hydroxyl groups is 2. The van der Waals surface area contributed by atoms with E-state index < -0.39 is 102 Å². The number of nitrogens with one attached hydrogen (secondary N) is 1. The van der Waals surface area contributed by atoms with Crippen molar-refractivity contribution in [3.05, 3.63) is 48.1 Å². The number of hydrogen-bond donors (Lipinski definition) is 8. The lowest BCUT2D eigenvalue weighted by atomic mass is 10.1. The van der Waals surface area contributed by atoms with Gasteiger partial charge < -0.3 is 60.6 Å². The number of nitrogen functional groups attached to an aromatic ring is 2. The quantitative estimate of drug-likeness (QED) is 0.0268. The van der Waals surface area contributed by atoms with Crippen LogP contribution in [0.1, 0.15) is 38.6 Å². The van der Waals surface area contributed by atoms with E-state index in [1.54, 1.807) is 0 Å². The Morgan fingerprint density at radius 1 is 1.17 bits per heavy atom. The van der Waals surface area contributed by atoms with Gasteiger partial charge >= 0.3 is 27.3 Å². The van der Waals surface area contributed by atoms with Crippen molar-refractivity contribution in [3.8, 4) is 0 Å². The summed E-state index contributed by atoms with van der Waals surface area (Å²) in [5.74, 6) is -1.66. The van der Waals surface area contributed by atoms with Crippen molar-refractivity contribution in [1.82, 2.24) is 34.4 Å². The van der Waals surface area contributed by atoms with E-state index in [0.29, 0.717) is 6.42 Å². The Balaban J connectivity index is 1.37. The molecule has 0 bridgehead atoms. The Hall–Kier alpha value is -4.27. The van der Waals surface area contributed by atoms with Crippen molar-refractivity contribution >= 4 is 50.3 Å². The van der Waals surface area contributed by atoms with Crippen LogP contribution in [0.2, 0.25) is 0 Å². The number of carbonyl (C=O) groups excluding carboxylic acids is 2. The number of nitrogens with zero attached hydrogens (tertiary/aromatic N) is 6. The van der Waals surface area contributed by atoms with Crippen LogP contribution < -0.4 is 22.5 Å². The fraction of sp³-hybridized carbons (Fsp3) is 0.567. The van der Waals surface area contributed by atoms with Gasteiger partial charge in [0.2, 0.25) is 5.91 Å². The minimum Gasteiger partial charge on any atom is -0.458 e. The van der Waals surface area contributed by atoms with Crippen molar-refractivity contribution in [2.45, 2.75) is 81.3 Å². The summed E-state index contributed by atoms with van der Waals surface area (Å²) in [6.07, 6.45) is -7.30. The van der Waals surface area contributed by atoms with Crippen molar-refractivity contribution in [2.75, 3.05) is 37.9 Å². The molecule has 26 nitrogen and oxygen atoms in total. The molecule has 10 N–H and O–H groups in total. The van der Waals surface area contributed by atoms with Crippen LogP contribution in [0.4, 0.5) is 11.6 Å². The monoisotopic (exact) mass is 863 g/mol. The molecule has 28 heteroatoms. The van der Waals surface area contributed by atoms with E-state index in [2.05, 4.69) is 36.4 Å². The van der Waals surface area contributed by atoms with Crippen molar-refractivity contribution in [2.24, 2.45) is 0 Å². The molecule has 0 spiro atoms. The van der Waals surface area contributed by atoms with Gasteiger partial charge in [0.15, 0.2) is 23.7 Å². The van der Waals surface area contributed by atoms with Gasteiger partial charge in [0, 0.05) is 19.0 Å². The largest absolute Gasteiger partial charge is 0.472 e. The maximum Gasteiger partial charge on any atom is 0.472 e. The van der Waals surface area contributed by atoms with Gasteiger partial charge in [-0.25, -0.2) is 33.7 Å². The summed E-state index contributed by atoms with van der Waals surface area (Å²) >= 11 is 0. The number of amides is 1. The first kappa shape index (κ1) is 44.8. The molecular formula is C30H43N9O17P2. The predicted octanol–water partition coefficient (Wildman–Crippen LogP) is -1.83. The predicted molar refractivity (Wildman–Crippen MR) is 193 cm³/mol. The van der Waals surface area contributed by atoms with E-state index >= 15 is 0 Å². The molecule has 3 aromatic heterocycles. The number of anilines is 2. The first-order valence-corrected chi connectivity index (χ1v) is 20.4. The molecule has 0 saturated carbocycles. The fourth-order valence-electron chi connectivity index (χ4n) is 6.05. The number of aromatic nitrogens is 6. The molecule has 0 aliphatic carbocycles. The van der Waals surface area contributed by atoms with E-state index in [1.165, 1.54) is 29.4 Å². The second kappa shape index (κ2) is 19.2. The maximum absolute atomic E-state index is 13.5. The molecule has 320 valence electrons. The zero-order chi connectivity index (χ0) is 42.4. The van der Waals surface area contributed by atoms with Gasteiger partial charge in [-0.2, -0.15) is 4.98 Å². The van der Waals surface area contributed by atoms with Crippen LogP contribution in [0.15, 0.2) is 42.4 Å². The van der Waals surface area contributed by atoms with Gasteiger partial charge in [-0.3, -0.25) is 27.5 Å². The topological polar surface area (TPSA) is 377 Å². The average molecular weight is 864 g/mol. The minimum absolute atomic E-state index is 0.0109. The van der Waals surface area contributed by atoms with Gasteiger partial charge in [0.1, 0.15) is 54.4 Å². The molecule has 1 amide bonds. The van der Waals surface area contributed by atoms with Gasteiger partial charge in [-0.15, -0.1) is 6.58 Å². The van der Waals surface area contributed by atoms with Crippen molar-refractivity contribution < 1.29 is 76.1 Å². The Bertz CT molecular complexity index is 2080. The smallest absolute Gasteiger partial charge is 0.458 e. The number of fused-ring (bicyclic) bond motifs is 1. The van der Waals surface area contributed by atoms with Crippen LogP contribution in [0.25, 0.3) is 11.2 Å². The molecule has 2 aliphatic heterocycles. The third-order valence-corrected chi connectivity index (χ3v) is 10.3. The molecule has 0 aromatic carbocycles. The highest BCUT2D eigenvalue weighted by Crippen LogP contribution is 2.51. The number of esters is 1. The van der Waals surface area contributed by atoms with E-state index in [4.69, 9.17) is 44.6 Å². The molecule has 10 atom stereocenters. The molecule has 0 radical (unpaired) electrons. The van der Waals surface area contributed by atoms with Gasteiger partial charge in [-0.1, -0.05) is 6.08 Å². The van der Waals surface area contributed by atoms with Crippen LogP contribution >= 0.6 is 15.6 Å². The van der Waals surface area contributed by atoms with Crippen LogP contribution in [-0.4, -0.2) is 135 Å². The number of rotatable bonds is 20. The highest BCUT2D eigenvalue weighted by molar-refractivity contribution is 7.47. The first-order valence-electron chi connectivity index (χ1n) is 17.4. The van der Waals surface area contributed by atoms with Crippen molar-refractivity contribution in [1.29, 1.82) is 0 Å². The Labute approximate surface area is 327 Å². The van der Waals surface area contributed by atoms with Gasteiger partial charge in [-0.05, 0) is 19.4 Å². The van der Waals surface area contributed by atoms with E-state index in [9.17, 15) is 43.3 Å². The van der Waals surface area contributed by atoms with Crippen LogP contribution in [0.3, 0.4) is 0 Å². The van der Waals surface area contributed by atoms with E-state index in [1.807, 2.05) is 0 Å². The summed E-state index contributed by atoms with van der Waals surface area (Å²) < 4.78 is 65.5. The fourth-order valence-corrected chi connectivity index (χ4v) is 7.55. The molecule has 58 heavy (non-hydrogen) atoms. The number of phosphoric acid groups is 2. The summed E-state index contributed by atoms with van der Waals surface area (Å²) in [6, 6.07) is -0.183. The Kier molecular flexibility index (Phi) is 14.8. The summed E-state index contributed by atoms with van der Waals surface area (Å²) in [5.41, 5.74) is 10.9. The number of nitrogens with two attached hydrogens (primary N) is 2. The summed E-state index contributed by atoms with van der Waals surface area (Å²) in [7, 11) is -10.6. The molecule has 2 fully saturated rings. The number of allylic oxidation sites excluding steroid dienone is 1. The number of hydrogen-bond acceptors (Lipinski definition) is 20. The lowest BCUT2D eigenvalue weighted by molar-refractivity contribution is -0.158. The highest BCUT2D eigenvalue weighted by atomic mass is 31.2. The van der Waals surface area contributed by atoms with Crippen LogP contribution in [-0.2, 0) is 51.2 Å². The molecule has 3 aromatic rings. The Morgan fingerprint density at radius 2 is 1.93 bits per heavy atom. The lowest BCUT2D eigenvalue weighted by Crippen LogP contribution is -2.47. The first-order chi connectivity index (χ1) is 27.4. The van der Waals surface area contributed by atoms with E-state index in [-0.39, 0.29) is 48.9 Å². The van der Waals surface area contributed by atoms with Crippen LogP contribution in [0, 0.1) is 0 Å². The molecule has 3 unspecified atom stereocenters. The molecular weight excluding hydrogens is 820 g/mol. The number of imidazole rings is 1. The lowest BCUT2D eigenvalue weighted by Gasteiger charge is -2.27. The number of phosphoric ester groups is 2. The maximum atomic E-state index is 13.5. The normalized spacial score (nSPS) is 25.6.